The summed E-state index contributed by atoms with van der Waals surface area (Å²) in [5, 5.41) is 0. The van der Waals surface area contributed by atoms with Crippen LogP contribution in [-0.2, 0) is 0 Å². The molecule has 3 N–H and O–H groups in total. The molecule has 0 bridgehead atoms. The molecule has 0 spiro atoms. The van der Waals surface area contributed by atoms with Crippen molar-refractivity contribution in [2.45, 2.75) is 25.7 Å². The van der Waals surface area contributed by atoms with Crippen molar-refractivity contribution in [2.75, 3.05) is 20.1 Å². The molecule has 4 nitrogen and oxygen atoms in total. The Morgan fingerprint density at radius 2 is 1.83 bits per heavy atom. The van der Waals surface area contributed by atoms with Crippen LogP contribution in [0.3, 0.4) is 0 Å². The average molecular weight is 170 g/mol. The van der Waals surface area contributed by atoms with E-state index in [0.29, 0.717) is 0 Å². The molecule has 0 aliphatic carbocycles. The summed E-state index contributed by atoms with van der Waals surface area (Å²) in [6.07, 6.45) is 5.16. The molecule has 0 aromatic heterocycles. The van der Waals surface area contributed by atoms with Crippen LogP contribution in [0.2, 0.25) is 0 Å². The summed E-state index contributed by atoms with van der Waals surface area (Å²) in [5.41, 5.74) is 2.63. The van der Waals surface area contributed by atoms with Gasteiger partial charge in [-0.2, -0.15) is 0 Å². The number of likely N-dealkylation sites (tertiary alicyclic amines) is 1. The van der Waals surface area contributed by atoms with Gasteiger partial charge in [0.25, 0.3) is 0 Å². The lowest BCUT2D eigenvalue weighted by Crippen LogP contribution is -2.45. The summed E-state index contributed by atoms with van der Waals surface area (Å²) in [7, 11) is 1.76. The Bertz CT molecular complexity index is 147. The quantitative estimate of drug-likeness (QED) is 0.238. The number of rotatable bonds is 0. The second-order valence-corrected chi connectivity index (χ2v) is 3.09. The van der Waals surface area contributed by atoms with E-state index in [1.54, 1.807) is 7.05 Å². The Morgan fingerprint density at radius 3 is 2.25 bits per heavy atom. The molecule has 0 atom stereocenters. The van der Waals surface area contributed by atoms with Crippen LogP contribution < -0.4 is 11.3 Å². The molecular formula is C8H18N4. The van der Waals surface area contributed by atoms with Crippen molar-refractivity contribution in [3.8, 4) is 0 Å². The van der Waals surface area contributed by atoms with Crippen molar-refractivity contribution >= 4 is 5.96 Å². The molecule has 1 heterocycles. The zero-order valence-corrected chi connectivity index (χ0v) is 7.71. The van der Waals surface area contributed by atoms with E-state index in [4.69, 9.17) is 5.84 Å². The topological polar surface area (TPSA) is 53.6 Å². The highest BCUT2D eigenvalue weighted by molar-refractivity contribution is 5.79. The minimum Gasteiger partial charge on any atom is -0.342 e. The highest BCUT2D eigenvalue weighted by Gasteiger charge is 2.11. The van der Waals surface area contributed by atoms with Crippen molar-refractivity contribution in [2.24, 2.45) is 10.8 Å². The van der Waals surface area contributed by atoms with Crippen molar-refractivity contribution < 1.29 is 0 Å². The molecule has 0 amide bonds. The van der Waals surface area contributed by atoms with Crippen LogP contribution in [-0.4, -0.2) is 31.0 Å². The van der Waals surface area contributed by atoms with E-state index in [9.17, 15) is 0 Å². The Morgan fingerprint density at radius 1 is 1.25 bits per heavy atom. The summed E-state index contributed by atoms with van der Waals surface area (Å²) >= 11 is 0. The lowest BCUT2D eigenvalue weighted by molar-refractivity contribution is 0.419. The van der Waals surface area contributed by atoms with Gasteiger partial charge < -0.3 is 4.90 Å². The van der Waals surface area contributed by atoms with Crippen LogP contribution in [0, 0.1) is 0 Å². The fourth-order valence-electron chi connectivity index (χ4n) is 1.58. The van der Waals surface area contributed by atoms with Gasteiger partial charge in [0, 0.05) is 20.1 Å². The molecule has 70 valence electrons. The first-order valence-electron chi connectivity index (χ1n) is 4.57. The molecule has 1 aliphatic heterocycles. The molecule has 1 saturated heterocycles. The van der Waals surface area contributed by atoms with Crippen molar-refractivity contribution in [1.29, 1.82) is 0 Å². The number of hydrogen-bond donors (Lipinski definition) is 2. The summed E-state index contributed by atoms with van der Waals surface area (Å²) < 4.78 is 0. The number of nitrogens with two attached hydrogens (primary N) is 1. The first-order chi connectivity index (χ1) is 5.88. The summed E-state index contributed by atoms with van der Waals surface area (Å²) in [6.45, 7) is 2.16. The Hall–Kier alpha value is -0.770. The van der Waals surface area contributed by atoms with E-state index in [1.807, 2.05) is 0 Å². The minimum atomic E-state index is 0.817. The van der Waals surface area contributed by atoms with Crippen LogP contribution in [0.4, 0.5) is 0 Å². The fourth-order valence-corrected chi connectivity index (χ4v) is 1.58. The number of hydrogen-bond acceptors (Lipinski definition) is 2. The molecule has 0 aromatic carbocycles. The summed E-state index contributed by atoms with van der Waals surface area (Å²) in [5.74, 6) is 6.16. The molecule has 1 aliphatic rings. The smallest absolute Gasteiger partial charge is 0.208 e. The van der Waals surface area contributed by atoms with Crippen molar-refractivity contribution in [3.63, 3.8) is 0 Å². The largest absolute Gasteiger partial charge is 0.342 e. The Kier molecular flexibility index (Phi) is 3.87. The normalized spacial score (nSPS) is 20.5. The van der Waals surface area contributed by atoms with Crippen LogP contribution in [0.15, 0.2) is 4.99 Å². The third-order valence-corrected chi connectivity index (χ3v) is 2.25. The van der Waals surface area contributed by atoms with Crippen LogP contribution >= 0.6 is 0 Å². The Labute approximate surface area is 73.8 Å². The van der Waals surface area contributed by atoms with Crippen LogP contribution in [0.5, 0.6) is 0 Å². The maximum absolute atomic E-state index is 5.34. The van der Waals surface area contributed by atoms with Gasteiger partial charge in [-0.15, -0.1) is 0 Å². The molecule has 0 radical (unpaired) electrons. The standard InChI is InChI=1S/C8H18N4/c1-10-8(11-9)12-6-4-2-3-5-7-12/h2-7,9H2,1H3,(H,10,11). The summed E-state index contributed by atoms with van der Waals surface area (Å²) in [4.78, 5) is 6.29. The third-order valence-electron chi connectivity index (χ3n) is 2.25. The summed E-state index contributed by atoms with van der Waals surface area (Å²) in [6, 6.07) is 0. The van der Waals surface area contributed by atoms with Gasteiger partial charge in [0.05, 0.1) is 0 Å². The van der Waals surface area contributed by atoms with E-state index in [-0.39, 0.29) is 0 Å². The van der Waals surface area contributed by atoms with Crippen molar-refractivity contribution in [1.82, 2.24) is 10.3 Å². The number of nitrogens with one attached hydrogen (secondary N) is 1. The number of hydrazine groups is 1. The highest BCUT2D eigenvalue weighted by Crippen LogP contribution is 2.09. The number of nitrogens with zero attached hydrogens (tertiary/aromatic N) is 2. The first kappa shape index (κ1) is 9.32. The second kappa shape index (κ2) is 4.98. The van der Waals surface area contributed by atoms with Gasteiger partial charge in [0.15, 0.2) is 0 Å². The van der Waals surface area contributed by atoms with Gasteiger partial charge in [-0.3, -0.25) is 10.4 Å². The van der Waals surface area contributed by atoms with Crippen molar-refractivity contribution in [3.05, 3.63) is 0 Å². The zero-order valence-electron chi connectivity index (χ0n) is 7.71. The molecule has 0 saturated carbocycles. The highest BCUT2D eigenvalue weighted by atomic mass is 15.4. The number of aliphatic imine (C=N–C) groups is 1. The monoisotopic (exact) mass is 170 g/mol. The predicted octanol–water partition coefficient (Wildman–Crippen LogP) is 0.312. The van der Waals surface area contributed by atoms with Gasteiger partial charge in [0.1, 0.15) is 0 Å². The lowest BCUT2D eigenvalue weighted by Gasteiger charge is -2.22. The van der Waals surface area contributed by atoms with Gasteiger partial charge in [-0.1, -0.05) is 12.8 Å². The van der Waals surface area contributed by atoms with Crippen LogP contribution in [0.1, 0.15) is 25.7 Å². The number of guanidine groups is 1. The van der Waals surface area contributed by atoms with Crippen LogP contribution in [0.25, 0.3) is 0 Å². The zero-order chi connectivity index (χ0) is 8.81. The molecule has 4 heteroatoms. The van der Waals surface area contributed by atoms with E-state index in [2.05, 4.69) is 15.3 Å². The second-order valence-electron chi connectivity index (χ2n) is 3.09. The van der Waals surface area contributed by atoms with E-state index < -0.39 is 0 Å². The third kappa shape index (κ3) is 2.37. The molecular weight excluding hydrogens is 152 g/mol. The molecule has 0 aromatic rings. The van der Waals surface area contributed by atoms with Gasteiger partial charge in [0.2, 0.25) is 5.96 Å². The lowest BCUT2D eigenvalue weighted by atomic mass is 10.2. The molecule has 12 heavy (non-hydrogen) atoms. The van der Waals surface area contributed by atoms with Gasteiger partial charge in [-0.25, -0.2) is 5.84 Å². The minimum absolute atomic E-state index is 0.817. The predicted molar refractivity (Wildman–Crippen MR) is 50.7 cm³/mol. The van der Waals surface area contributed by atoms with E-state index >= 15 is 0 Å². The van der Waals surface area contributed by atoms with Gasteiger partial charge in [-0.05, 0) is 12.8 Å². The average Bonchev–Trinajstić information content (AvgIpc) is 2.35. The molecule has 1 fully saturated rings. The Balaban J connectivity index is 2.47. The maximum atomic E-state index is 5.34. The van der Waals surface area contributed by atoms with E-state index in [0.717, 1.165) is 19.0 Å². The maximum Gasteiger partial charge on any atom is 0.208 e. The van der Waals surface area contributed by atoms with E-state index in [1.165, 1.54) is 25.7 Å². The van der Waals surface area contributed by atoms with Gasteiger partial charge >= 0.3 is 0 Å². The fraction of sp³-hybridized carbons (Fsp3) is 0.875. The first-order valence-corrected chi connectivity index (χ1v) is 4.57. The molecule has 0 unspecified atom stereocenters. The molecule has 1 rings (SSSR count). The SMILES string of the molecule is CN=C(NN)N1CCCCCC1.